The zero-order valence-electron chi connectivity index (χ0n) is 15.8. The lowest BCUT2D eigenvalue weighted by Crippen LogP contribution is -2.50. The highest BCUT2D eigenvalue weighted by molar-refractivity contribution is 7.89. The number of piperazine rings is 1. The summed E-state index contributed by atoms with van der Waals surface area (Å²) in [5.41, 5.74) is 1.19. The zero-order chi connectivity index (χ0) is 20.5. The molecule has 1 amide bonds. The Labute approximate surface area is 170 Å². The Morgan fingerprint density at radius 1 is 1.04 bits per heavy atom. The van der Waals surface area contributed by atoms with Crippen LogP contribution in [0, 0.1) is 0 Å². The lowest BCUT2D eigenvalue weighted by atomic mass is 10.0. The zero-order valence-corrected chi connectivity index (χ0v) is 17.4. The Hall–Kier alpha value is -2.09. The normalized spacial score (nSPS) is 15.8. The maximum absolute atomic E-state index is 12.7. The van der Waals surface area contributed by atoms with Gasteiger partial charge in [0.05, 0.1) is 10.5 Å². The fourth-order valence-electron chi connectivity index (χ4n) is 3.15. The van der Waals surface area contributed by atoms with Gasteiger partial charge in [-0.15, -0.1) is 0 Å². The number of benzene rings is 2. The molecule has 0 unspecified atom stereocenters. The number of hydrogen-bond acceptors (Lipinski definition) is 4. The molecule has 150 valence electrons. The summed E-state index contributed by atoms with van der Waals surface area (Å²) >= 11 is 5.83. The first-order valence-corrected chi connectivity index (χ1v) is 10.9. The molecule has 0 saturated carbocycles. The molecular weight excluding hydrogens is 400 g/mol. The van der Waals surface area contributed by atoms with Crippen LogP contribution in [-0.4, -0.2) is 54.8 Å². The van der Waals surface area contributed by atoms with Crippen molar-refractivity contribution in [3.05, 3.63) is 58.6 Å². The van der Waals surface area contributed by atoms with Crippen molar-refractivity contribution in [2.24, 2.45) is 0 Å². The number of rotatable bonds is 4. The van der Waals surface area contributed by atoms with Gasteiger partial charge in [-0.3, -0.25) is 4.79 Å². The summed E-state index contributed by atoms with van der Waals surface area (Å²) in [7, 11) is -3.63. The molecule has 2 aromatic carbocycles. The number of carbonyl (C=O) groups excluding carboxylic acids is 1. The Kier molecular flexibility index (Phi) is 5.98. The van der Waals surface area contributed by atoms with Gasteiger partial charge in [0, 0.05) is 31.2 Å². The first kappa shape index (κ1) is 20.6. The molecule has 1 fully saturated rings. The summed E-state index contributed by atoms with van der Waals surface area (Å²) in [5, 5.41) is 10.7. The fourth-order valence-corrected chi connectivity index (χ4v) is 4.69. The first-order chi connectivity index (χ1) is 13.2. The molecule has 3 rings (SSSR count). The van der Waals surface area contributed by atoms with E-state index in [2.05, 4.69) is 0 Å². The van der Waals surface area contributed by atoms with Crippen molar-refractivity contribution in [2.75, 3.05) is 26.2 Å². The number of carbonyl (C=O) groups is 1. The van der Waals surface area contributed by atoms with Crippen molar-refractivity contribution in [1.82, 2.24) is 9.21 Å². The molecule has 2 aromatic rings. The van der Waals surface area contributed by atoms with E-state index in [-0.39, 0.29) is 54.2 Å². The lowest BCUT2D eigenvalue weighted by Gasteiger charge is -2.34. The number of halogens is 1. The van der Waals surface area contributed by atoms with Gasteiger partial charge in [-0.05, 0) is 47.9 Å². The summed E-state index contributed by atoms with van der Waals surface area (Å²) in [5.74, 6) is -0.0968. The summed E-state index contributed by atoms with van der Waals surface area (Å²) < 4.78 is 26.8. The van der Waals surface area contributed by atoms with Gasteiger partial charge in [0.25, 0.3) is 5.91 Å². The molecule has 6 nitrogen and oxygen atoms in total. The predicted molar refractivity (Wildman–Crippen MR) is 108 cm³/mol. The molecule has 1 saturated heterocycles. The topological polar surface area (TPSA) is 77.9 Å². The minimum atomic E-state index is -3.63. The Bertz CT molecular complexity index is 966. The Balaban J connectivity index is 1.70. The van der Waals surface area contributed by atoms with Gasteiger partial charge in [0.15, 0.2) is 0 Å². The van der Waals surface area contributed by atoms with Crippen molar-refractivity contribution >= 4 is 27.5 Å². The van der Waals surface area contributed by atoms with Crippen LogP contribution in [0.5, 0.6) is 5.75 Å². The van der Waals surface area contributed by atoms with E-state index in [1.165, 1.54) is 28.6 Å². The molecule has 0 aliphatic carbocycles. The standard InChI is InChI=1S/C20H23ClN2O4S/c1-14(2)15-3-8-18(19(24)13-15)20(25)22-9-11-23(12-10-22)28(26,27)17-6-4-16(21)5-7-17/h3-8,13-14,24H,9-12H2,1-2H3. The van der Waals surface area contributed by atoms with E-state index in [9.17, 15) is 18.3 Å². The van der Waals surface area contributed by atoms with Crippen molar-refractivity contribution in [1.29, 1.82) is 0 Å². The van der Waals surface area contributed by atoms with Gasteiger partial charge in [-0.25, -0.2) is 8.42 Å². The quantitative estimate of drug-likeness (QED) is 0.819. The average molecular weight is 423 g/mol. The third-order valence-corrected chi connectivity index (χ3v) is 7.06. The van der Waals surface area contributed by atoms with Crippen LogP contribution in [0.3, 0.4) is 0 Å². The van der Waals surface area contributed by atoms with Crippen LogP contribution in [0.4, 0.5) is 0 Å². The molecule has 0 spiro atoms. The number of hydrogen-bond donors (Lipinski definition) is 1. The summed E-state index contributed by atoms with van der Waals surface area (Å²) in [6, 6.07) is 11.1. The van der Waals surface area contributed by atoms with Gasteiger partial charge in [0.2, 0.25) is 10.0 Å². The lowest BCUT2D eigenvalue weighted by molar-refractivity contribution is 0.0695. The second kappa shape index (κ2) is 8.11. The number of aromatic hydroxyl groups is 1. The van der Waals surface area contributed by atoms with Gasteiger partial charge in [-0.2, -0.15) is 4.31 Å². The molecular formula is C20H23ClN2O4S. The molecule has 0 bridgehead atoms. The highest BCUT2D eigenvalue weighted by Crippen LogP contribution is 2.26. The highest BCUT2D eigenvalue weighted by Gasteiger charge is 2.31. The second-order valence-corrected chi connectivity index (χ2v) is 9.46. The van der Waals surface area contributed by atoms with Crippen LogP contribution < -0.4 is 0 Å². The Morgan fingerprint density at radius 2 is 1.64 bits per heavy atom. The van der Waals surface area contributed by atoms with Crippen LogP contribution in [0.15, 0.2) is 47.4 Å². The predicted octanol–water partition coefficient (Wildman–Crippen LogP) is 3.32. The first-order valence-electron chi connectivity index (χ1n) is 9.08. The molecule has 0 atom stereocenters. The SMILES string of the molecule is CC(C)c1ccc(C(=O)N2CCN(S(=O)(=O)c3ccc(Cl)cc3)CC2)c(O)c1. The highest BCUT2D eigenvalue weighted by atomic mass is 35.5. The molecule has 0 radical (unpaired) electrons. The van der Waals surface area contributed by atoms with Crippen LogP contribution in [-0.2, 0) is 10.0 Å². The fraction of sp³-hybridized carbons (Fsp3) is 0.350. The molecule has 1 N–H and O–H groups in total. The van der Waals surface area contributed by atoms with Crippen LogP contribution in [0.2, 0.25) is 5.02 Å². The van der Waals surface area contributed by atoms with Gasteiger partial charge in [-0.1, -0.05) is 31.5 Å². The smallest absolute Gasteiger partial charge is 0.257 e. The molecule has 0 aromatic heterocycles. The van der Waals surface area contributed by atoms with E-state index in [1.54, 1.807) is 17.0 Å². The molecule has 1 aliphatic heterocycles. The third-order valence-electron chi connectivity index (χ3n) is 4.90. The van der Waals surface area contributed by atoms with E-state index in [0.717, 1.165) is 5.56 Å². The van der Waals surface area contributed by atoms with E-state index in [0.29, 0.717) is 5.02 Å². The maximum Gasteiger partial charge on any atom is 0.257 e. The molecule has 1 heterocycles. The van der Waals surface area contributed by atoms with Crippen molar-refractivity contribution in [3.8, 4) is 5.75 Å². The summed E-state index contributed by atoms with van der Waals surface area (Å²) in [4.78, 5) is 14.5. The number of phenolic OH excluding ortho intramolecular Hbond substituents is 1. The molecule has 8 heteroatoms. The van der Waals surface area contributed by atoms with Crippen molar-refractivity contribution in [3.63, 3.8) is 0 Å². The number of sulfonamides is 1. The van der Waals surface area contributed by atoms with Gasteiger partial charge >= 0.3 is 0 Å². The van der Waals surface area contributed by atoms with Gasteiger partial charge < -0.3 is 10.0 Å². The summed E-state index contributed by atoms with van der Waals surface area (Å²) in [6.07, 6.45) is 0. The van der Waals surface area contributed by atoms with Gasteiger partial charge in [0.1, 0.15) is 5.75 Å². The van der Waals surface area contributed by atoms with Crippen LogP contribution in [0.1, 0.15) is 35.7 Å². The van der Waals surface area contributed by atoms with E-state index in [4.69, 9.17) is 11.6 Å². The third kappa shape index (κ3) is 4.16. The van der Waals surface area contributed by atoms with Crippen molar-refractivity contribution < 1.29 is 18.3 Å². The minimum Gasteiger partial charge on any atom is -0.507 e. The van der Waals surface area contributed by atoms with Crippen LogP contribution in [0.25, 0.3) is 0 Å². The van der Waals surface area contributed by atoms with E-state index >= 15 is 0 Å². The maximum atomic E-state index is 12.7. The number of amides is 1. The van der Waals surface area contributed by atoms with E-state index in [1.807, 2.05) is 19.9 Å². The summed E-state index contributed by atoms with van der Waals surface area (Å²) in [6.45, 7) is 4.93. The monoisotopic (exact) mass is 422 g/mol. The van der Waals surface area contributed by atoms with Crippen LogP contribution >= 0.6 is 11.6 Å². The number of nitrogens with zero attached hydrogens (tertiary/aromatic N) is 2. The van der Waals surface area contributed by atoms with E-state index < -0.39 is 10.0 Å². The largest absolute Gasteiger partial charge is 0.507 e. The second-order valence-electron chi connectivity index (χ2n) is 7.08. The minimum absolute atomic E-state index is 0.0487. The molecule has 28 heavy (non-hydrogen) atoms. The average Bonchev–Trinajstić information content (AvgIpc) is 2.67. The Morgan fingerprint density at radius 3 is 2.18 bits per heavy atom. The number of phenols is 1. The molecule has 1 aliphatic rings. The van der Waals surface area contributed by atoms with Crippen molar-refractivity contribution in [2.45, 2.75) is 24.7 Å².